The molecule has 2 N–H and O–H groups in total. The Morgan fingerprint density at radius 3 is 3.10 bits per heavy atom. The van der Waals surface area contributed by atoms with Gasteiger partial charge in [0.2, 0.25) is 0 Å². The van der Waals surface area contributed by atoms with Crippen molar-refractivity contribution in [2.45, 2.75) is 13.0 Å². The number of nitrogens with two attached hydrogens (primary N) is 1. The van der Waals surface area contributed by atoms with Gasteiger partial charge in [-0.05, 0) is 24.6 Å². The molecule has 3 rings (SSSR count). The van der Waals surface area contributed by atoms with Gasteiger partial charge >= 0.3 is 0 Å². The summed E-state index contributed by atoms with van der Waals surface area (Å²) in [6.07, 6.45) is 11.2. The van der Waals surface area contributed by atoms with Crippen molar-refractivity contribution in [2.75, 3.05) is 6.61 Å². The first-order chi connectivity index (χ1) is 10.2. The molecule has 1 unspecified atom stereocenters. The molecule has 3 nitrogen and oxygen atoms in total. The first-order valence-electron chi connectivity index (χ1n) is 6.97. The maximum Gasteiger partial charge on any atom is 0.130 e. The third-order valence-electron chi connectivity index (χ3n) is 3.60. The monoisotopic (exact) mass is 344 g/mol. The van der Waals surface area contributed by atoms with E-state index < -0.39 is 0 Å². The zero-order chi connectivity index (χ0) is 14.7. The summed E-state index contributed by atoms with van der Waals surface area (Å²) < 4.78 is 6.85. The normalized spacial score (nSPS) is 21.3. The van der Waals surface area contributed by atoms with E-state index in [1.54, 1.807) is 0 Å². The fourth-order valence-electron chi connectivity index (χ4n) is 2.39. The van der Waals surface area contributed by atoms with Crippen LogP contribution in [0.3, 0.4) is 0 Å². The summed E-state index contributed by atoms with van der Waals surface area (Å²) in [6.45, 7) is 1.08. The number of hydrogen-bond donors (Lipinski definition) is 1. The summed E-state index contributed by atoms with van der Waals surface area (Å²) >= 11 is 3.46. The average Bonchev–Trinajstić information content (AvgIpc) is 2.70. The van der Waals surface area contributed by atoms with E-state index in [1.165, 1.54) is 0 Å². The van der Waals surface area contributed by atoms with E-state index in [-0.39, 0.29) is 5.92 Å². The average molecular weight is 345 g/mol. The summed E-state index contributed by atoms with van der Waals surface area (Å²) in [5.74, 6) is 1.15. The molecule has 0 amide bonds. The summed E-state index contributed by atoms with van der Waals surface area (Å²) in [5, 5.41) is 0. The van der Waals surface area contributed by atoms with Crippen LogP contribution in [0.4, 0.5) is 0 Å². The van der Waals surface area contributed by atoms with Gasteiger partial charge in [0.25, 0.3) is 0 Å². The number of benzene rings is 1. The van der Waals surface area contributed by atoms with Gasteiger partial charge in [-0.3, -0.25) is 4.99 Å². The minimum Gasteiger partial charge on any atom is -0.487 e. The zero-order valence-corrected chi connectivity index (χ0v) is 13.2. The van der Waals surface area contributed by atoms with E-state index in [4.69, 9.17) is 10.5 Å². The molecule has 0 aromatic heterocycles. The fraction of sp³-hybridized carbons (Fsp3) is 0.235. The van der Waals surface area contributed by atoms with Gasteiger partial charge in [0, 0.05) is 21.7 Å². The van der Waals surface area contributed by atoms with E-state index in [1.807, 2.05) is 36.4 Å². The van der Waals surface area contributed by atoms with Gasteiger partial charge in [-0.2, -0.15) is 0 Å². The summed E-state index contributed by atoms with van der Waals surface area (Å²) in [7, 11) is 0. The van der Waals surface area contributed by atoms with E-state index >= 15 is 0 Å². The SMILES string of the molecule is NC(=CC1=NCc2ccc(Br)cc2OC1)C1C=CC=CC1. The van der Waals surface area contributed by atoms with Crippen molar-refractivity contribution in [3.63, 3.8) is 0 Å². The van der Waals surface area contributed by atoms with Gasteiger partial charge in [0.15, 0.2) is 0 Å². The third kappa shape index (κ3) is 3.45. The van der Waals surface area contributed by atoms with Crippen LogP contribution >= 0.6 is 15.9 Å². The van der Waals surface area contributed by atoms with Crippen LogP contribution in [0.2, 0.25) is 0 Å². The molecule has 1 aromatic carbocycles. The van der Waals surface area contributed by atoms with Crippen LogP contribution in [-0.4, -0.2) is 12.3 Å². The second kappa shape index (κ2) is 6.31. The van der Waals surface area contributed by atoms with Gasteiger partial charge in [-0.15, -0.1) is 0 Å². The molecule has 1 heterocycles. The van der Waals surface area contributed by atoms with Crippen molar-refractivity contribution in [3.05, 3.63) is 64.3 Å². The van der Waals surface area contributed by atoms with Crippen molar-refractivity contribution >= 4 is 21.6 Å². The van der Waals surface area contributed by atoms with Gasteiger partial charge in [-0.25, -0.2) is 0 Å². The van der Waals surface area contributed by atoms with E-state index in [2.05, 4.69) is 33.1 Å². The number of nitrogens with zero attached hydrogens (tertiary/aromatic N) is 1. The molecule has 2 aliphatic rings. The van der Waals surface area contributed by atoms with E-state index in [0.29, 0.717) is 13.2 Å². The zero-order valence-electron chi connectivity index (χ0n) is 11.6. The van der Waals surface area contributed by atoms with Crippen molar-refractivity contribution in [1.82, 2.24) is 0 Å². The Morgan fingerprint density at radius 2 is 2.29 bits per heavy atom. The highest BCUT2D eigenvalue weighted by Crippen LogP contribution is 2.26. The second-order valence-electron chi connectivity index (χ2n) is 5.15. The molecule has 1 aromatic rings. The van der Waals surface area contributed by atoms with Crippen LogP contribution in [0.1, 0.15) is 12.0 Å². The Balaban J connectivity index is 1.75. The maximum absolute atomic E-state index is 6.19. The number of halogens is 1. The molecule has 1 atom stereocenters. The van der Waals surface area contributed by atoms with E-state index in [9.17, 15) is 0 Å². The van der Waals surface area contributed by atoms with E-state index in [0.717, 1.165) is 33.6 Å². The molecule has 0 saturated carbocycles. The number of fused-ring (bicyclic) bond motifs is 1. The molecule has 0 fully saturated rings. The number of allylic oxidation sites excluding steroid dienone is 4. The van der Waals surface area contributed by atoms with Crippen molar-refractivity contribution in [3.8, 4) is 5.75 Å². The molecule has 1 aliphatic carbocycles. The number of hydrogen-bond acceptors (Lipinski definition) is 3. The van der Waals surface area contributed by atoms with Crippen molar-refractivity contribution in [2.24, 2.45) is 16.6 Å². The summed E-state index contributed by atoms with van der Waals surface area (Å²) in [5.41, 5.74) is 9.02. The lowest BCUT2D eigenvalue weighted by Crippen LogP contribution is -2.15. The lowest BCUT2D eigenvalue weighted by molar-refractivity contribution is 0.377. The predicted molar refractivity (Wildman–Crippen MR) is 89.4 cm³/mol. The predicted octanol–water partition coefficient (Wildman–Crippen LogP) is 3.76. The van der Waals surface area contributed by atoms with Gasteiger partial charge in [-0.1, -0.05) is 46.3 Å². The molecular weight excluding hydrogens is 328 g/mol. The molecule has 0 bridgehead atoms. The van der Waals surface area contributed by atoms with Crippen LogP contribution in [0.5, 0.6) is 5.75 Å². The molecule has 0 radical (unpaired) electrons. The molecule has 108 valence electrons. The maximum atomic E-state index is 6.19. The highest BCUT2D eigenvalue weighted by atomic mass is 79.9. The number of aliphatic imine (C=N–C) groups is 1. The molecule has 1 aliphatic heterocycles. The largest absolute Gasteiger partial charge is 0.487 e. The van der Waals surface area contributed by atoms with Crippen molar-refractivity contribution in [1.29, 1.82) is 0 Å². The van der Waals surface area contributed by atoms with Crippen LogP contribution in [0, 0.1) is 5.92 Å². The molecule has 21 heavy (non-hydrogen) atoms. The Hall–Kier alpha value is -1.81. The highest BCUT2D eigenvalue weighted by Gasteiger charge is 2.13. The Kier molecular flexibility index (Phi) is 4.25. The summed E-state index contributed by atoms with van der Waals surface area (Å²) in [4.78, 5) is 4.61. The molecule has 4 heteroatoms. The Morgan fingerprint density at radius 1 is 1.38 bits per heavy atom. The number of ether oxygens (including phenoxy) is 1. The minimum absolute atomic E-state index is 0.262. The first-order valence-corrected chi connectivity index (χ1v) is 7.76. The molecule has 0 spiro atoms. The van der Waals surface area contributed by atoms with Gasteiger partial charge < -0.3 is 10.5 Å². The molecule has 0 saturated heterocycles. The lowest BCUT2D eigenvalue weighted by atomic mass is 9.97. The fourth-order valence-corrected chi connectivity index (χ4v) is 2.73. The Bertz CT molecular complexity index is 659. The van der Waals surface area contributed by atoms with Gasteiger partial charge in [0.1, 0.15) is 12.4 Å². The van der Waals surface area contributed by atoms with Crippen LogP contribution < -0.4 is 10.5 Å². The quantitative estimate of drug-likeness (QED) is 0.887. The number of rotatable bonds is 2. The third-order valence-corrected chi connectivity index (χ3v) is 4.09. The standard InChI is InChI=1S/C17H17BrN2O/c18-14-7-6-13-10-20-15(11-21-17(13)8-14)9-16(19)12-4-2-1-3-5-12/h1-4,6-9,12H,5,10-11,19H2. The second-order valence-corrected chi connectivity index (χ2v) is 6.06. The highest BCUT2D eigenvalue weighted by molar-refractivity contribution is 9.10. The lowest BCUT2D eigenvalue weighted by Gasteiger charge is -2.13. The topological polar surface area (TPSA) is 47.6 Å². The van der Waals surface area contributed by atoms with Gasteiger partial charge in [0.05, 0.1) is 12.3 Å². The van der Waals surface area contributed by atoms with Crippen molar-refractivity contribution < 1.29 is 4.74 Å². The smallest absolute Gasteiger partial charge is 0.130 e. The van der Waals surface area contributed by atoms with Crippen LogP contribution in [0.25, 0.3) is 0 Å². The van der Waals surface area contributed by atoms with Crippen LogP contribution in [0.15, 0.2) is 63.7 Å². The minimum atomic E-state index is 0.262. The first kappa shape index (κ1) is 14.1. The molecular formula is C17H17BrN2O. The summed E-state index contributed by atoms with van der Waals surface area (Å²) in [6, 6.07) is 6.02. The Labute approximate surface area is 133 Å². The van der Waals surface area contributed by atoms with Crippen LogP contribution in [-0.2, 0) is 6.54 Å².